The number of ketones is 1. The number of carbonyl (C=O) groups is 2. The number of Topliss-reactive ketones (excluding diaryl/α,β-unsaturated/α-hetero) is 1. The largest absolute Gasteiger partial charge is 0.481 e. The van der Waals surface area contributed by atoms with Gasteiger partial charge in [0, 0.05) is 23.3 Å². The number of hydrogen-bond donors (Lipinski definition) is 1. The van der Waals surface area contributed by atoms with Gasteiger partial charge in [-0.1, -0.05) is 78.9 Å². The van der Waals surface area contributed by atoms with Gasteiger partial charge in [0.2, 0.25) is 0 Å². The quantitative estimate of drug-likeness (QED) is 0.0516. The summed E-state index contributed by atoms with van der Waals surface area (Å²) in [6, 6.07) is 4.44. The van der Waals surface area contributed by atoms with E-state index in [1.54, 1.807) is 24.5 Å². The van der Waals surface area contributed by atoms with E-state index < -0.39 is 207 Å². The number of aliphatic carboxylic acids is 1. The van der Waals surface area contributed by atoms with Gasteiger partial charge in [-0.05, 0) is 24.3 Å². The SMILES string of the molecule is FC(F)(F)c1cc([B-](c2cc(C(F)(F)F)cc(C(F)(F)F)c2)(c2cc(C(F)(F)F)cc(C(F)(F)F)c2)c2cc(C(F)(F)F)cc(C(F)(F)F)c2)cc(C(F)(F)F)c1.O=C(O)CC(=O)c1cc[n+](Cc2ccccc2)cc1. The van der Waals surface area contributed by atoms with Gasteiger partial charge in [0.1, 0.15) is 12.6 Å². The van der Waals surface area contributed by atoms with Gasteiger partial charge in [0.25, 0.3) is 0 Å². The predicted octanol–water partition coefficient (Wildman–Crippen LogP) is 12.9. The van der Waals surface area contributed by atoms with Crippen molar-refractivity contribution in [1.82, 2.24) is 0 Å². The van der Waals surface area contributed by atoms with Crippen molar-refractivity contribution < 1.29 is 125 Å². The van der Waals surface area contributed by atoms with Gasteiger partial charge in [0.05, 0.1) is 44.5 Å². The molecule has 1 N–H and O–H groups in total. The fraction of sp³-hybridized carbons (Fsp3) is 0.213. The third kappa shape index (κ3) is 14.2. The van der Waals surface area contributed by atoms with Crippen LogP contribution in [0, 0.1) is 0 Å². The van der Waals surface area contributed by atoms with Crippen LogP contribution in [-0.4, -0.2) is 23.0 Å². The van der Waals surface area contributed by atoms with Crippen molar-refractivity contribution in [2.75, 3.05) is 0 Å². The summed E-state index contributed by atoms with van der Waals surface area (Å²) in [5, 5.41) is 8.57. The summed E-state index contributed by atoms with van der Waals surface area (Å²) in [6.07, 6.45) is -51.7. The summed E-state index contributed by atoms with van der Waals surface area (Å²) in [4.78, 5) is 22.0. The van der Waals surface area contributed by atoms with Gasteiger partial charge in [-0.3, -0.25) is 9.59 Å². The van der Waals surface area contributed by atoms with Crippen LogP contribution in [0.3, 0.4) is 0 Å². The molecule has 1 heterocycles. The zero-order valence-electron chi connectivity index (χ0n) is 36.9. The number of rotatable bonds is 9. The molecule has 0 radical (unpaired) electrons. The van der Waals surface area contributed by atoms with Gasteiger partial charge in [-0.15, -0.1) is 0 Å². The molecule has 76 heavy (non-hydrogen) atoms. The lowest BCUT2D eigenvalue weighted by Crippen LogP contribution is -2.75. The standard InChI is InChI=1S/C32H12BF24.C15H13NO3/c34-25(35,36)13-1-14(26(37,38)39)6-21(5-13)33(22-7-15(27(40,41)42)2-16(8-22)28(43,44)45,23-9-17(29(46,47)48)3-18(10-23)30(49,50)51)24-11-19(31(52,53)54)4-20(12-24)32(55,56)57;17-14(10-15(18)19)13-6-8-16(9-7-13)11-12-4-2-1-3-5-12/h1-12H;1-9H,10-11H2/q-1;/p+1. The Kier molecular flexibility index (Phi) is 16.3. The third-order valence-electron chi connectivity index (χ3n) is 11.2. The molecule has 0 unspecified atom stereocenters. The fourth-order valence-corrected chi connectivity index (χ4v) is 7.85. The Morgan fingerprint density at radius 2 is 0.605 bits per heavy atom. The highest BCUT2D eigenvalue weighted by molar-refractivity contribution is 7.20. The second-order valence-corrected chi connectivity index (χ2v) is 16.5. The first-order valence-electron chi connectivity index (χ1n) is 20.5. The molecule has 0 spiro atoms. The third-order valence-corrected chi connectivity index (χ3v) is 11.2. The second-order valence-electron chi connectivity index (χ2n) is 16.5. The van der Waals surface area contributed by atoms with E-state index in [1.165, 1.54) is 0 Å². The first-order valence-corrected chi connectivity index (χ1v) is 20.5. The molecule has 4 nitrogen and oxygen atoms in total. The van der Waals surface area contributed by atoms with Crippen molar-refractivity contribution in [3.8, 4) is 0 Å². The molecule has 0 atom stereocenters. The van der Waals surface area contributed by atoms with Crippen LogP contribution in [0.25, 0.3) is 0 Å². The Morgan fingerprint density at radius 1 is 0.368 bits per heavy atom. The molecule has 6 rings (SSSR count). The highest BCUT2D eigenvalue weighted by atomic mass is 19.4. The minimum atomic E-state index is -6.13. The maximum Gasteiger partial charge on any atom is 0.416 e. The van der Waals surface area contributed by atoms with Crippen LogP contribution in [0.15, 0.2) is 128 Å². The van der Waals surface area contributed by atoms with Crippen LogP contribution < -0.4 is 26.4 Å². The molecule has 0 aliphatic heterocycles. The lowest BCUT2D eigenvalue weighted by atomic mass is 9.12. The topological polar surface area (TPSA) is 58.2 Å². The summed E-state index contributed by atoms with van der Waals surface area (Å²) in [7, 11) is 0. The number of halogens is 24. The fourth-order valence-electron chi connectivity index (χ4n) is 7.85. The molecule has 1 aromatic heterocycles. The first kappa shape index (κ1) is 59.6. The Balaban J connectivity index is 0.000000468. The Labute approximate surface area is 409 Å². The minimum Gasteiger partial charge on any atom is -0.481 e. The molecule has 0 saturated carbocycles. The van der Waals surface area contributed by atoms with Crippen LogP contribution in [0.2, 0.25) is 0 Å². The average molecular weight is 1120 g/mol. The number of carboxylic acids is 1. The number of pyridine rings is 1. The Hall–Kier alpha value is -7.23. The van der Waals surface area contributed by atoms with Crippen LogP contribution in [0.4, 0.5) is 105 Å². The smallest absolute Gasteiger partial charge is 0.416 e. The number of nitrogens with zero attached hydrogens (tertiary/aromatic N) is 1. The lowest BCUT2D eigenvalue weighted by Gasteiger charge is -2.46. The summed E-state index contributed by atoms with van der Waals surface area (Å²) in [6.45, 7) is 0.717. The first-order chi connectivity index (χ1) is 34.4. The van der Waals surface area contributed by atoms with Gasteiger partial charge >= 0.3 is 55.4 Å². The molecule has 0 amide bonds. The number of hydrogen-bond acceptors (Lipinski definition) is 2. The Morgan fingerprint density at radius 3 is 0.816 bits per heavy atom. The number of carboxylic acid groups (broad SMARTS) is 1. The lowest BCUT2D eigenvalue weighted by molar-refractivity contribution is -0.688. The molecule has 0 saturated heterocycles. The monoisotopic (exact) mass is 1120 g/mol. The van der Waals surface area contributed by atoms with Crippen LogP contribution in [0.1, 0.15) is 66.8 Å². The van der Waals surface area contributed by atoms with Gasteiger partial charge in [0.15, 0.2) is 24.7 Å². The van der Waals surface area contributed by atoms with E-state index in [4.69, 9.17) is 5.11 Å². The maximum atomic E-state index is 14.2. The summed E-state index contributed by atoms with van der Waals surface area (Å²) in [5.74, 6) is -1.48. The van der Waals surface area contributed by atoms with Crippen molar-refractivity contribution in [3.63, 3.8) is 0 Å². The molecule has 0 fully saturated rings. The van der Waals surface area contributed by atoms with E-state index in [9.17, 15) is 115 Å². The van der Waals surface area contributed by atoms with Gasteiger partial charge in [-0.25, -0.2) is 4.57 Å². The van der Waals surface area contributed by atoms with Crippen molar-refractivity contribution in [3.05, 3.63) is 183 Å². The van der Waals surface area contributed by atoms with Crippen molar-refractivity contribution in [2.45, 2.75) is 62.4 Å². The van der Waals surface area contributed by atoms with E-state index in [0.717, 1.165) is 5.56 Å². The van der Waals surface area contributed by atoms with E-state index in [0.29, 0.717) is 12.1 Å². The average Bonchev–Trinajstić information content (AvgIpc) is 3.27. The normalized spacial score (nSPS) is 13.3. The molecular weight excluding hydrogens is 1090 g/mol. The van der Waals surface area contributed by atoms with Gasteiger partial charge in [-0.2, -0.15) is 127 Å². The zero-order chi connectivity index (χ0) is 57.6. The summed E-state index contributed by atoms with van der Waals surface area (Å²) in [5.41, 5.74) is -28.6. The molecule has 408 valence electrons. The van der Waals surface area contributed by atoms with Crippen molar-refractivity contribution in [2.24, 2.45) is 0 Å². The van der Waals surface area contributed by atoms with Crippen LogP contribution in [0.5, 0.6) is 0 Å². The molecule has 29 heteroatoms. The molecule has 5 aromatic carbocycles. The summed E-state index contributed by atoms with van der Waals surface area (Å²) < 4.78 is 343. The van der Waals surface area contributed by atoms with E-state index in [-0.39, 0.29) is 5.78 Å². The highest BCUT2D eigenvalue weighted by Crippen LogP contribution is 2.41. The number of benzene rings is 5. The minimum absolute atomic E-state index is 0.376. The highest BCUT2D eigenvalue weighted by Gasteiger charge is 2.47. The maximum absolute atomic E-state index is 14.2. The second kappa shape index (κ2) is 20.7. The Bertz CT molecular complexity index is 2640. The number of carbonyl (C=O) groups excluding carboxylic acids is 1. The van der Waals surface area contributed by atoms with E-state index in [2.05, 4.69) is 0 Å². The molecule has 0 aliphatic carbocycles. The number of alkyl halides is 24. The molecule has 0 bridgehead atoms. The number of aromatic nitrogens is 1. The van der Waals surface area contributed by atoms with E-state index >= 15 is 0 Å². The molecular formula is C47H26BF24NO3. The van der Waals surface area contributed by atoms with E-state index in [1.807, 2.05) is 34.9 Å². The van der Waals surface area contributed by atoms with Gasteiger partial charge < -0.3 is 5.11 Å². The van der Waals surface area contributed by atoms with Crippen molar-refractivity contribution in [1.29, 1.82) is 0 Å². The molecule has 6 aromatic rings. The predicted molar refractivity (Wildman–Crippen MR) is 219 cm³/mol. The van der Waals surface area contributed by atoms with Crippen LogP contribution >= 0.6 is 0 Å². The van der Waals surface area contributed by atoms with Crippen LogP contribution in [-0.2, 0) is 60.7 Å². The summed E-state index contributed by atoms with van der Waals surface area (Å²) >= 11 is 0. The zero-order valence-corrected chi connectivity index (χ0v) is 36.9. The van der Waals surface area contributed by atoms with Crippen molar-refractivity contribution >= 4 is 39.7 Å². The molecule has 0 aliphatic rings.